The monoisotopic (exact) mass is 393 g/mol. The molecule has 0 spiro atoms. The number of fused-ring (bicyclic) bond motifs is 1. The highest BCUT2D eigenvalue weighted by molar-refractivity contribution is 5.97. The largest absolute Gasteiger partial charge is 0.457 e. The third-order valence-corrected chi connectivity index (χ3v) is 5.62. The first-order chi connectivity index (χ1) is 13.8. The molecule has 4 heteroatoms. The zero-order chi connectivity index (χ0) is 21.0. The number of benzene rings is 1. The van der Waals surface area contributed by atoms with Crippen LogP contribution in [0, 0.1) is 5.41 Å². The second-order valence-electron chi connectivity index (χ2n) is 8.53. The highest BCUT2D eigenvalue weighted by atomic mass is 16.3. The predicted octanol–water partition coefficient (Wildman–Crippen LogP) is 5.64. The number of carbonyl (C=O) groups is 1. The lowest BCUT2D eigenvalue weighted by Gasteiger charge is -2.32. The molecule has 0 atom stereocenters. The van der Waals surface area contributed by atoms with Crippen LogP contribution in [0.5, 0.6) is 0 Å². The van der Waals surface area contributed by atoms with E-state index in [1.807, 2.05) is 18.2 Å². The molecular formula is C25H31NO3. The van der Waals surface area contributed by atoms with Crippen molar-refractivity contribution in [2.24, 2.45) is 5.41 Å². The zero-order valence-electron chi connectivity index (χ0n) is 17.8. The van der Waals surface area contributed by atoms with Crippen LogP contribution >= 0.6 is 0 Å². The lowest BCUT2D eigenvalue weighted by Crippen LogP contribution is -2.26. The summed E-state index contributed by atoms with van der Waals surface area (Å²) in [5.41, 5.74) is 5.48. The first kappa shape index (κ1) is 21.1. The number of nitrogens with one attached hydrogen (secondary N) is 1. The van der Waals surface area contributed by atoms with Crippen molar-refractivity contribution in [3.8, 4) is 0 Å². The molecule has 4 nitrogen and oxygen atoms in total. The van der Waals surface area contributed by atoms with Crippen LogP contribution in [0.3, 0.4) is 0 Å². The molecule has 0 radical (unpaired) electrons. The van der Waals surface area contributed by atoms with Crippen molar-refractivity contribution in [3.05, 3.63) is 64.5 Å². The second kappa shape index (κ2) is 8.83. The van der Waals surface area contributed by atoms with Gasteiger partial charge in [0.15, 0.2) is 0 Å². The number of carbonyl (C=O) groups excluding carboxylic acids is 1. The average Bonchev–Trinajstić information content (AvgIpc) is 3.06. The van der Waals surface area contributed by atoms with E-state index in [4.69, 9.17) is 9.52 Å². The first-order valence-corrected chi connectivity index (χ1v) is 10.3. The summed E-state index contributed by atoms with van der Waals surface area (Å²) in [7, 11) is 0. The van der Waals surface area contributed by atoms with Gasteiger partial charge >= 0.3 is 0 Å². The maximum Gasteiger partial charge on any atom is 0.251 e. The molecule has 1 amide bonds. The summed E-state index contributed by atoms with van der Waals surface area (Å²) >= 11 is 0. The highest BCUT2D eigenvalue weighted by Crippen LogP contribution is 2.40. The Morgan fingerprint density at radius 1 is 1.31 bits per heavy atom. The molecule has 0 bridgehead atoms. The maximum atomic E-state index is 12.1. The molecule has 29 heavy (non-hydrogen) atoms. The third-order valence-electron chi connectivity index (χ3n) is 5.62. The fourth-order valence-corrected chi connectivity index (χ4v) is 4.03. The fourth-order valence-electron chi connectivity index (χ4n) is 4.03. The Kier molecular flexibility index (Phi) is 6.43. The van der Waals surface area contributed by atoms with Gasteiger partial charge in [-0.3, -0.25) is 4.79 Å². The van der Waals surface area contributed by atoms with Crippen LogP contribution in [0.4, 0.5) is 0 Å². The topological polar surface area (TPSA) is 62.5 Å². The van der Waals surface area contributed by atoms with Gasteiger partial charge in [-0.15, -0.1) is 0 Å². The quantitative estimate of drug-likeness (QED) is 0.624. The molecule has 1 aliphatic rings. The molecule has 0 aliphatic heterocycles. The summed E-state index contributed by atoms with van der Waals surface area (Å²) < 4.78 is 5.94. The summed E-state index contributed by atoms with van der Waals surface area (Å²) in [6.45, 7) is 9.12. The molecule has 3 rings (SSSR count). The molecule has 1 aromatic heterocycles. The van der Waals surface area contributed by atoms with Gasteiger partial charge in [0.2, 0.25) is 0 Å². The minimum Gasteiger partial charge on any atom is -0.457 e. The second-order valence-corrected chi connectivity index (χ2v) is 8.53. The van der Waals surface area contributed by atoms with E-state index in [0.717, 1.165) is 16.7 Å². The Labute approximate surface area is 173 Å². The van der Waals surface area contributed by atoms with Crippen LogP contribution in [-0.4, -0.2) is 24.2 Å². The van der Waals surface area contributed by atoms with Gasteiger partial charge in [-0.1, -0.05) is 37.6 Å². The maximum absolute atomic E-state index is 12.1. The normalized spacial score (nSPS) is 17.3. The van der Waals surface area contributed by atoms with Crippen molar-refractivity contribution in [2.75, 3.05) is 13.2 Å². The first-order valence-electron chi connectivity index (χ1n) is 10.3. The SMILES string of the molecule is CC1=C(C=C/C(C)=C/c2cc3ccc(C(=O)NCCO)cc3o2)C(C)(C)CCC1. The van der Waals surface area contributed by atoms with Crippen molar-refractivity contribution in [1.29, 1.82) is 0 Å². The minimum absolute atomic E-state index is 0.0793. The third kappa shape index (κ3) is 5.07. The molecule has 1 aromatic carbocycles. The van der Waals surface area contributed by atoms with Crippen molar-refractivity contribution in [3.63, 3.8) is 0 Å². The van der Waals surface area contributed by atoms with Gasteiger partial charge < -0.3 is 14.8 Å². The molecule has 0 saturated carbocycles. The van der Waals surface area contributed by atoms with E-state index in [9.17, 15) is 4.79 Å². The number of aliphatic hydroxyl groups is 1. The highest BCUT2D eigenvalue weighted by Gasteiger charge is 2.26. The molecule has 0 saturated heterocycles. The van der Waals surface area contributed by atoms with Gasteiger partial charge in [0.05, 0.1) is 6.61 Å². The Morgan fingerprint density at radius 3 is 2.83 bits per heavy atom. The number of amides is 1. The number of aliphatic hydroxyl groups excluding tert-OH is 1. The molecule has 1 aliphatic carbocycles. The van der Waals surface area contributed by atoms with E-state index in [1.54, 1.807) is 12.1 Å². The molecule has 0 unspecified atom stereocenters. The lowest BCUT2D eigenvalue weighted by atomic mass is 9.72. The summed E-state index contributed by atoms with van der Waals surface area (Å²) in [5, 5.41) is 12.5. The van der Waals surface area contributed by atoms with Crippen molar-refractivity contribution < 1.29 is 14.3 Å². The molecule has 2 aromatic rings. The van der Waals surface area contributed by atoms with E-state index >= 15 is 0 Å². The summed E-state index contributed by atoms with van der Waals surface area (Å²) in [6.07, 6.45) is 10.1. The Hall–Kier alpha value is -2.59. The summed E-state index contributed by atoms with van der Waals surface area (Å²) in [4.78, 5) is 12.1. The Balaban J connectivity index is 1.79. The van der Waals surface area contributed by atoms with E-state index < -0.39 is 0 Å². The average molecular weight is 394 g/mol. The number of allylic oxidation sites excluding steroid dienone is 5. The summed E-state index contributed by atoms with van der Waals surface area (Å²) in [5.74, 6) is 0.552. The smallest absolute Gasteiger partial charge is 0.251 e. The van der Waals surface area contributed by atoms with E-state index in [1.165, 1.54) is 30.4 Å². The van der Waals surface area contributed by atoms with Crippen LogP contribution in [0.15, 0.2) is 57.6 Å². The fraction of sp³-hybridized carbons (Fsp3) is 0.400. The van der Waals surface area contributed by atoms with Gasteiger partial charge in [-0.25, -0.2) is 0 Å². The molecule has 2 N–H and O–H groups in total. The van der Waals surface area contributed by atoms with Gasteiger partial charge in [0, 0.05) is 17.5 Å². The Bertz CT molecular complexity index is 989. The van der Waals surface area contributed by atoms with Crippen LogP contribution in [0.2, 0.25) is 0 Å². The predicted molar refractivity (Wildman–Crippen MR) is 119 cm³/mol. The van der Waals surface area contributed by atoms with Gasteiger partial charge in [0.25, 0.3) is 5.91 Å². The van der Waals surface area contributed by atoms with Crippen molar-refractivity contribution in [1.82, 2.24) is 5.32 Å². The number of rotatable bonds is 6. The summed E-state index contributed by atoms with van der Waals surface area (Å²) in [6, 6.07) is 7.37. The van der Waals surface area contributed by atoms with E-state index in [0.29, 0.717) is 11.1 Å². The minimum atomic E-state index is -0.215. The van der Waals surface area contributed by atoms with Crippen LogP contribution in [-0.2, 0) is 0 Å². The molecule has 1 heterocycles. The van der Waals surface area contributed by atoms with E-state index in [-0.39, 0.29) is 24.5 Å². The number of furan rings is 1. The van der Waals surface area contributed by atoms with Crippen LogP contribution in [0.1, 0.15) is 63.1 Å². The van der Waals surface area contributed by atoms with Gasteiger partial charge in [0.1, 0.15) is 11.3 Å². The standard InChI is InChI=1S/C25H31NO3/c1-17(7-10-22-18(2)6-5-11-25(22,3)4)14-21-15-19-8-9-20(16-23(19)29-21)24(28)26-12-13-27/h7-10,14-16,27H,5-6,11-13H2,1-4H3,(H,26,28)/b10-7?,17-14+. The van der Waals surface area contributed by atoms with Gasteiger partial charge in [-0.05, 0) is 73.9 Å². The molecule has 0 fully saturated rings. The zero-order valence-corrected chi connectivity index (χ0v) is 17.8. The number of hydrogen-bond acceptors (Lipinski definition) is 3. The van der Waals surface area contributed by atoms with Crippen molar-refractivity contribution >= 4 is 23.0 Å². The van der Waals surface area contributed by atoms with Gasteiger partial charge in [-0.2, -0.15) is 0 Å². The molecular weight excluding hydrogens is 362 g/mol. The lowest BCUT2D eigenvalue weighted by molar-refractivity contribution is 0.0945. The molecule has 154 valence electrons. The van der Waals surface area contributed by atoms with E-state index in [2.05, 4.69) is 45.2 Å². The number of hydrogen-bond donors (Lipinski definition) is 2. The Morgan fingerprint density at radius 2 is 2.10 bits per heavy atom. The van der Waals surface area contributed by atoms with Crippen LogP contribution < -0.4 is 5.32 Å². The van der Waals surface area contributed by atoms with Crippen molar-refractivity contribution in [2.45, 2.75) is 47.0 Å². The van der Waals surface area contributed by atoms with Crippen LogP contribution in [0.25, 0.3) is 17.0 Å².